The van der Waals surface area contributed by atoms with Gasteiger partial charge in [-0.3, -0.25) is 19.4 Å². The molecule has 33 heavy (non-hydrogen) atoms. The molecular weight excluding hydrogens is 418 g/mol. The molecule has 3 aromatic carbocycles. The third-order valence-corrected chi connectivity index (χ3v) is 5.63. The summed E-state index contributed by atoms with van der Waals surface area (Å²) in [6, 6.07) is 20.8. The Labute approximate surface area is 189 Å². The summed E-state index contributed by atoms with van der Waals surface area (Å²) >= 11 is 0. The smallest absolute Gasteiger partial charge is 0.258 e. The number of H-pyrrole nitrogens is 1. The summed E-state index contributed by atoms with van der Waals surface area (Å²) < 4.78 is 0. The molecular formula is C25H21N5O3. The van der Waals surface area contributed by atoms with Crippen molar-refractivity contribution in [2.45, 2.75) is 19.3 Å². The number of rotatable bonds is 4. The topological polar surface area (TPSA) is 116 Å². The lowest BCUT2D eigenvalue weighted by Crippen LogP contribution is -2.36. The Morgan fingerprint density at radius 2 is 1.76 bits per heavy atom. The zero-order chi connectivity index (χ0) is 22.9. The van der Waals surface area contributed by atoms with Gasteiger partial charge in [0.2, 0.25) is 17.8 Å². The Hall–Kier alpha value is -4.46. The molecule has 5 rings (SSSR count). The zero-order valence-corrected chi connectivity index (χ0v) is 17.8. The number of fused-ring (bicyclic) bond motifs is 2. The van der Waals surface area contributed by atoms with E-state index in [1.807, 2.05) is 67.6 Å². The molecule has 8 nitrogen and oxygen atoms in total. The second kappa shape index (κ2) is 8.23. The minimum atomic E-state index is -0.961. The van der Waals surface area contributed by atoms with Gasteiger partial charge in [-0.1, -0.05) is 54.1 Å². The first-order chi connectivity index (χ1) is 16.0. The number of benzene rings is 3. The number of hydrogen-bond donors (Lipinski definition) is 4. The van der Waals surface area contributed by atoms with Crippen LogP contribution < -0.4 is 21.5 Å². The van der Waals surface area contributed by atoms with E-state index < -0.39 is 17.4 Å². The van der Waals surface area contributed by atoms with Crippen LogP contribution >= 0.6 is 0 Å². The van der Waals surface area contributed by atoms with Crippen molar-refractivity contribution in [3.05, 3.63) is 88.2 Å². The number of anilines is 4. The molecule has 0 spiro atoms. The fraction of sp³-hybridized carbons (Fsp3) is 0.120. The number of carbonyl (C=O) groups excluding carboxylic acids is 2. The largest absolute Gasteiger partial charge is 0.326 e. The number of hydrogen-bond acceptors (Lipinski definition) is 5. The molecule has 0 aliphatic carbocycles. The molecule has 0 radical (unpaired) electrons. The van der Waals surface area contributed by atoms with E-state index in [1.165, 1.54) is 0 Å². The van der Waals surface area contributed by atoms with Crippen LogP contribution in [-0.2, 0) is 9.59 Å². The van der Waals surface area contributed by atoms with Gasteiger partial charge < -0.3 is 16.0 Å². The second-order valence-corrected chi connectivity index (χ2v) is 7.99. The molecule has 0 fully saturated rings. The highest BCUT2D eigenvalue weighted by atomic mass is 16.2. The lowest BCUT2D eigenvalue weighted by Gasteiger charge is -2.24. The van der Waals surface area contributed by atoms with E-state index in [2.05, 4.69) is 25.9 Å². The van der Waals surface area contributed by atoms with Crippen LogP contribution in [0.25, 0.3) is 10.8 Å². The maximum Gasteiger partial charge on any atom is 0.258 e. The maximum atomic E-state index is 13.2. The van der Waals surface area contributed by atoms with Gasteiger partial charge in [0, 0.05) is 23.2 Å². The number of aromatic nitrogens is 2. The number of nitrogens with zero attached hydrogens (tertiary/aromatic N) is 1. The molecule has 0 saturated carbocycles. The minimum absolute atomic E-state index is 0.0858. The summed E-state index contributed by atoms with van der Waals surface area (Å²) in [5.74, 6) is -1.51. The van der Waals surface area contributed by atoms with Crippen molar-refractivity contribution in [3.8, 4) is 0 Å². The first-order valence-electron chi connectivity index (χ1n) is 10.5. The summed E-state index contributed by atoms with van der Waals surface area (Å²) in [7, 11) is 0. The van der Waals surface area contributed by atoms with Crippen LogP contribution in [0.1, 0.15) is 23.5 Å². The Morgan fingerprint density at radius 1 is 1.00 bits per heavy atom. The Balaban J connectivity index is 1.46. The lowest BCUT2D eigenvalue weighted by atomic mass is 9.92. The summed E-state index contributed by atoms with van der Waals surface area (Å²) in [5.41, 5.74) is 2.11. The van der Waals surface area contributed by atoms with E-state index in [4.69, 9.17) is 0 Å². The van der Waals surface area contributed by atoms with Gasteiger partial charge in [0.25, 0.3) is 5.56 Å². The van der Waals surface area contributed by atoms with Crippen molar-refractivity contribution in [2.24, 2.45) is 0 Å². The predicted molar refractivity (Wildman–Crippen MR) is 128 cm³/mol. The number of nitrogens with one attached hydrogen (secondary N) is 4. The van der Waals surface area contributed by atoms with Gasteiger partial charge in [-0.15, -0.1) is 0 Å². The van der Waals surface area contributed by atoms with Crippen molar-refractivity contribution >= 4 is 45.7 Å². The van der Waals surface area contributed by atoms with Gasteiger partial charge >= 0.3 is 0 Å². The second-order valence-electron chi connectivity index (χ2n) is 7.99. The normalized spacial score (nSPS) is 14.9. The average Bonchev–Trinajstić information content (AvgIpc) is 2.80. The van der Waals surface area contributed by atoms with Crippen LogP contribution in [0, 0.1) is 6.92 Å². The average molecular weight is 439 g/mol. The summed E-state index contributed by atoms with van der Waals surface area (Å²) in [6.45, 7) is 1.97. The first kappa shape index (κ1) is 20.4. The molecule has 0 saturated heterocycles. The highest BCUT2D eigenvalue weighted by molar-refractivity contribution is 6.08. The summed E-state index contributed by atoms with van der Waals surface area (Å²) in [6.07, 6.45) is -0.140. The predicted octanol–water partition coefficient (Wildman–Crippen LogP) is 4.04. The third-order valence-electron chi connectivity index (χ3n) is 5.63. The van der Waals surface area contributed by atoms with Gasteiger partial charge in [-0.25, -0.2) is 0 Å². The van der Waals surface area contributed by atoms with Crippen LogP contribution in [0.15, 0.2) is 71.5 Å². The third kappa shape index (κ3) is 4.06. The van der Waals surface area contributed by atoms with E-state index in [9.17, 15) is 14.4 Å². The van der Waals surface area contributed by atoms with Crippen LogP contribution in [0.5, 0.6) is 0 Å². The quantitative estimate of drug-likeness (QED) is 0.383. The fourth-order valence-electron chi connectivity index (χ4n) is 3.98. The molecule has 0 bridgehead atoms. The van der Waals surface area contributed by atoms with Gasteiger partial charge in [0.15, 0.2) is 0 Å². The van der Waals surface area contributed by atoms with Gasteiger partial charge in [-0.2, -0.15) is 4.98 Å². The first-order valence-corrected chi connectivity index (χ1v) is 10.5. The van der Waals surface area contributed by atoms with Crippen LogP contribution in [0.2, 0.25) is 0 Å². The van der Waals surface area contributed by atoms with Crippen molar-refractivity contribution in [1.29, 1.82) is 0 Å². The van der Waals surface area contributed by atoms with Crippen LogP contribution in [0.3, 0.4) is 0 Å². The standard InChI is InChI=1S/C25H21N5O3/c1-14-9-11-16(12-10-14)26-25-29-22-21(24(33)30-25)18(13-20(31)28-22)23(32)27-19-8-4-6-15-5-2-3-7-17(15)19/h2-12,18H,13H2,1H3,(H,27,32)(H3,26,28,29,30,31,33)/t18-/m0/s1. The molecule has 0 unspecified atom stereocenters. The number of aryl methyl sites for hydroxylation is 1. The van der Waals surface area contributed by atoms with Crippen molar-refractivity contribution < 1.29 is 9.59 Å². The molecule has 2 heterocycles. The molecule has 1 aliphatic heterocycles. The SMILES string of the molecule is Cc1ccc(Nc2nc3c(c(=O)[nH]2)[C@@H](C(=O)Nc2cccc4ccccc24)CC(=O)N3)cc1. The van der Waals surface area contributed by atoms with E-state index in [1.54, 1.807) is 6.07 Å². The van der Waals surface area contributed by atoms with Crippen molar-refractivity contribution in [1.82, 2.24) is 9.97 Å². The Morgan fingerprint density at radius 3 is 2.58 bits per heavy atom. The Kier molecular flexibility index (Phi) is 5.10. The van der Waals surface area contributed by atoms with E-state index >= 15 is 0 Å². The molecule has 8 heteroatoms. The molecule has 1 atom stereocenters. The fourth-order valence-corrected chi connectivity index (χ4v) is 3.98. The number of amides is 2. The number of carbonyl (C=O) groups is 2. The van der Waals surface area contributed by atoms with Gasteiger partial charge in [0.1, 0.15) is 5.82 Å². The van der Waals surface area contributed by atoms with Gasteiger partial charge in [0.05, 0.1) is 11.5 Å². The van der Waals surface area contributed by atoms with Gasteiger partial charge in [-0.05, 0) is 30.5 Å². The summed E-state index contributed by atoms with van der Waals surface area (Å²) in [5, 5.41) is 10.4. The molecule has 1 aliphatic rings. The van der Waals surface area contributed by atoms with E-state index in [0.717, 1.165) is 22.0 Å². The highest BCUT2D eigenvalue weighted by Gasteiger charge is 2.35. The molecule has 2 amide bonds. The van der Waals surface area contributed by atoms with Crippen LogP contribution in [0.4, 0.5) is 23.1 Å². The monoisotopic (exact) mass is 439 g/mol. The number of aromatic amines is 1. The highest BCUT2D eigenvalue weighted by Crippen LogP contribution is 2.31. The van der Waals surface area contributed by atoms with Crippen molar-refractivity contribution in [2.75, 3.05) is 16.0 Å². The lowest BCUT2D eigenvalue weighted by molar-refractivity contribution is -0.123. The molecule has 1 aromatic heterocycles. The van der Waals surface area contributed by atoms with E-state index in [0.29, 0.717) is 5.69 Å². The maximum absolute atomic E-state index is 13.2. The molecule has 4 N–H and O–H groups in total. The zero-order valence-electron chi connectivity index (χ0n) is 17.8. The van der Waals surface area contributed by atoms with E-state index in [-0.39, 0.29) is 29.7 Å². The molecule has 4 aromatic rings. The van der Waals surface area contributed by atoms with Crippen LogP contribution in [-0.4, -0.2) is 21.8 Å². The molecule has 164 valence electrons. The van der Waals surface area contributed by atoms with Crippen molar-refractivity contribution in [3.63, 3.8) is 0 Å². The minimum Gasteiger partial charge on any atom is -0.326 e. The Bertz CT molecular complexity index is 1440. The summed E-state index contributed by atoms with van der Waals surface area (Å²) in [4.78, 5) is 45.5.